The lowest BCUT2D eigenvalue weighted by molar-refractivity contribution is -0.143. The predicted molar refractivity (Wildman–Crippen MR) is 146 cm³/mol. The number of carboxylic acids is 1. The van der Waals surface area contributed by atoms with Gasteiger partial charge in [0.15, 0.2) is 0 Å². The molecule has 5 rings (SSSR count). The zero-order valence-electron chi connectivity index (χ0n) is 21.5. The quantitative estimate of drug-likeness (QED) is 0.428. The molecule has 1 aromatic heterocycles. The van der Waals surface area contributed by atoms with E-state index in [0.717, 1.165) is 31.8 Å². The smallest absolute Gasteiger partial charge is 0.320 e. The molecule has 35 heavy (non-hydrogen) atoms. The lowest BCUT2D eigenvalue weighted by Gasteiger charge is -2.32. The summed E-state index contributed by atoms with van der Waals surface area (Å²) in [6.45, 7) is 4.45. The van der Waals surface area contributed by atoms with E-state index in [-0.39, 0.29) is 6.04 Å². The molecule has 0 spiro atoms. The number of rotatable bonds is 9. The first-order valence-corrected chi connectivity index (χ1v) is 14.7. The number of carbonyl (C=O) groups is 1. The number of thiophene rings is 1. The number of piperidine rings is 1. The van der Waals surface area contributed by atoms with Gasteiger partial charge in [-0.2, -0.15) is 11.3 Å². The Hall–Kier alpha value is -1.69. The minimum atomic E-state index is -0.627. The summed E-state index contributed by atoms with van der Waals surface area (Å²) in [6, 6.07) is 12.8. The minimum Gasteiger partial charge on any atom is -0.480 e. The van der Waals surface area contributed by atoms with E-state index in [1.807, 2.05) is 0 Å². The number of likely N-dealkylation sites (tertiary alicyclic amines) is 2. The van der Waals surface area contributed by atoms with Gasteiger partial charge in [0.25, 0.3) is 0 Å². The van der Waals surface area contributed by atoms with Crippen LogP contribution in [0.15, 0.2) is 47.2 Å². The van der Waals surface area contributed by atoms with Crippen LogP contribution >= 0.6 is 11.3 Å². The van der Waals surface area contributed by atoms with Crippen LogP contribution in [-0.4, -0.2) is 60.1 Å². The number of hydrogen-bond acceptors (Lipinski definition) is 4. The summed E-state index contributed by atoms with van der Waals surface area (Å²) in [6.07, 6.45) is 12.5. The Morgan fingerprint density at radius 2 is 1.80 bits per heavy atom. The molecule has 2 saturated heterocycles. The first-order chi connectivity index (χ1) is 17.1. The van der Waals surface area contributed by atoms with E-state index in [1.54, 1.807) is 11.3 Å². The van der Waals surface area contributed by atoms with Crippen LogP contribution < -0.4 is 0 Å². The van der Waals surface area contributed by atoms with E-state index in [9.17, 15) is 9.90 Å². The van der Waals surface area contributed by atoms with Gasteiger partial charge in [0.1, 0.15) is 6.04 Å². The van der Waals surface area contributed by atoms with Crippen LogP contribution in [0.3, 0.4) is 0 Å². The molecule has 2 atom stereocenters. The molecule has 3 fully saturated rings. The maximum atomic E-state index is 11.5. The van der Waals surface area contributed by atoms with Crippen molar-refractivity contribution in [3.05, 3.63) is 58.3 Å². The fourth-order valence-corrected chi connectivity index (χ4v) is 6.63. The average Bonchev–Trinajstić information content (AvgIpc) is 3.53. The van der Waals surface area contributed by atoms with Crippen LogP contribution in [0.4, 0.5) is 0 Å². The third-order valence-electron chi connectivity index (χ3n) is 8.50. The van der Waals surface area contributed by atoms with E-state index in [1.165, 1.54) is 75.6 Å². The highest BCUT2D eigenvalue weighted by molar-refractivity contribution is 7.08. The second-order valence-corrected chi connectivity index (χ2v) is 11.8. The molecule has 1 aromatic carbocycles. The van der Waals surface area contributed by atoms with Crippen molar-refractivity contribution in [2.24, 2.45) is 11.8 Å². The molecule has 0 bridgehead atoms. The van der Waals surface area contributed by atoms with Crippen molar-refractivity contribution in [1.82, 2.24) is 9.80 Å². The van der Waals surface area contributed by atoms with E-state index >= 15 is 0 Å². The van der Waals surface area contributed by atoms with Crippen molar-refractivity contribution in [3.8, 4) is 0 Å². The highest BCUT2D eigenvalue weighted by atomic mass is 32.1. The Morgan fingerprint density at radius 1 is 1.03 bits per heavy atom. The predicted octanol–water partition coefficient (Wildman–Crippen LogP) is 6.53. The fraction of sp³-hybridized carbons (Fsp3) is 0.633. The molecule has 1 aliphatic carbocycles. The SMILES string of the molecule is CN1CCC(CCCc2ccccc2)CC1.O=C(O)C(CC1CCC1)N1CCC(c2ccsc2)C1. The van der Waals surface area contributed by atoms with E-state index in [0.29, 0.717) is 11.8 Å². The van der Waals surface area contributed by atoms with Crippen molar-refractivity contribution in [2.75, 3.05) is 33.2 Å². The molecule has 2 aromatic rings. The number of aliphatic carboxylic acids is 1. The summed E-state index contributed by atoms with van der Waals surface area (Å²) in [4.78, 5) is 16.2. The van der Waals surface area contributed by atoms with Crippen LogP contribution in [-0.2, 0) is 11.2 Å². The third-order valence-corrected chi connectivity index (χ3v) is 9.20. The molecule has 3 aliphatic rings. The van der Waals surface area contributed by atoms with Crippen LogP contribution in [0.25, 0.3) is 0 Å². The molecule has 1 saturated carbocycles. The standard InChI is InChI=1S/C15H21NO2S.C15H23N/c17-15(18)14(8-11-2-1-3-11)16-6-4-12(9-16)13-5-7-19-10-13;1-16-12-10-15(11-13-16)9-5-8-14-6-3-2-4-7-14/h5,7,10-12,14H,1-4,6,8-9H2,(H,17,18);2-4,6-7,15H,5,8-13H2,1H3. The van der Waals surface area contributed by atoms with Gasteiger partial charge in [0.2, 0.25) is 0 Å². The number of carboxylic acid groups (broad SMARTS) is 1. The Morgan fingerprint density at radius 3 is 2.43 bits per heavy atom. The van der Waals surface area contributed by atoms with Crippen LogP contribution in [0.1, 0.15) is 74.8 Å². The van der Waals surface area contributed by atoms with Crippen LogP contribution in [0.5, 0.6) is 0 Å². The first-order valence-electron chi connectivity index (χ1n) is 13.8. The molecule has 2 unspecified atom stereocenters. The monoisotopic (exact) mass is 496 g/mol. The molecule has 1 N–H and O–H groups in total. The maximum absolute atomic E-state index is 11.5. The summed E-state index contributed by atoms with van der Waals surface area (Å²) in [7, 11) is 2.24. The van der Waals surface area contributed by atoms with Crippen LogP contribution in [0, 0.1) is 11.8 Å². The summed E-state index contributed by atoms with van der Waals surface area (Å²) in [5.41, 5.74) is 2.88. The molecule has 4 nitrogen and oxygen atoms in total. The van der Waals surface area contributed by atoms with Gasteiger partial charge in [0, 0.05) is 6.54 Å². The molecular formula is C30H44N2O2S. The first kappa shape index (κ1) is 26.4. The van der Waals surface area contributed by atoms with Gasteiger partial charge in [0.05, 0.1) is 0 Å². The fourth-order valence-electron chi connectivity index (χ4n) is 5.89. The Labute approximate surface area is 216 Å². The van der Waals surface area contributed by atoms with Crippen molar-refractivity contribution in [2.45, 2.75) is 76.2 Å². The van der Waals surface area contributed by atoms with Crippen molar-refractivity contribution in [3.63, 3.8) is 0 Å². The van der Waals surface area contributed by atoms with Gasteiger partial charge in [-0.3, -0.25) is 9.69 Å². The summed E-state index contributed by atoms with van der Waals surface area (Å²) >= 11 is 1.73. The number of nitrogens with zero attached hydrogens (tertiary/aromatic N) is 2. The second kappa shape index (κ2) is 13.6. The lowest BCUT2D eigenvalue weighted by atomic mass is 9.80. The van der Waals surface area contributed by atoms with Crippen molar-refractivity contribution in [1.29, 1.82) is 0 Å². The highest BCUT2D eigenvalue weighted by Crippen LogP contribution is 2.35. The molecule has 0 radical (unpaired) electrons. The lowest BCUT2D eigenvalue weighted by Crippen LogP contribution is -2.41. The molecule has 5 heteroatoms. The molecule has 192 valence electrons. The molecule has 3 heterocycles. The average molecular weight is 497 g/mol. The Bertz CT molecular complexity index is 860. The minimum absolute atomic E-state index is 0.256. The number of benzene rings is 1. The Balaban J connectivity index is 0.000000168. The number of hydrogen-bond donors (Lipinski definition) is 1. The van der Waals surface area contributed by atoms with Crippen LogP contribution in [0.2, 0.25) is 0 Å². The molecule has 2 aliphatic heterocycles. The third kappa shape index (κ3) is 8.16. The van der Waals surface area contributed by atoms with Gasteiger partial charge in [-0.15, -0.1) is 0 Å². The number of aryl methyl sites for hydroxylation is 1. The van der Waals surface area contributed by atoms with E-state index in [2.05, 4.69) is 64.0 Å². The van der Waals surface area contributed by atoms with Gasteiger partial charge in [-0.25, -0.2) is 0 Å². The summed E-state index contributed by atoms with van der Waals surface area (Å²) in [5.74, 6) is 1.55. The summed E-state index contributed by atoms with van der Waals surface area (Å²) in [5, 5.41) is 13.8. The van der Waals surface area contributed by atoms with Gasteiger partial charge < -0.3 is 10.0 Å². The largest absolute Gasteiger partial charge is 0.480 e. The summed E-state index contributed by atoms with van der Waals surface area (Å²) < 4.78 is 0. The second-order valence-electron chi connectivity index (χ2n) is 11.0. The highest BCUT2D eigenvalue weighted by Gasteiger charge is 2.35. The van der Waals surface area contributed by atoms with Gasteiger partial charge in [-0.05, 0) is 111 Å². The molecular weight excluding hydrogens is 452 g/mol. The van der Waals surface area contributed by atoms with Crippen molar-refractivity contribution < 1.29 is 9.90 Å². The van der Waals surface area contributed by atoms with E-state index < -0.39 is 5.97 Å². The van der Waals surface area contributed by atoms with E-state index in [4.69, 9.17) is 0 Å². The molecule has 0 amide bonds. The normalized spacial score (nSPS) is 22.8. The van der Waals surface area contributed by atoms with Gasteiger partial charge in [-0.1, -0.05) is 56.0 Å². The zero-order chi connectivity index (χ0) is 24.5. The zero-order valence-corrected chi connectivity index (χ0v) is 22.3. The van der Waals surface area contributed by atoms with Gasteiger partial charge >= 0.3 is 5.97 Å². The topological polar surface area (TPSA) is 43.8 Å². The maximum Gasteiger partial charge on any atom is 0.320 e. The Kier molecular flexibility index (Phi) is 10.2. The van der Waals surface area contributed by atoms with Crippen molar-refractivity contribution >= 4 is 17.3 Å².